The van der Waals surface area contributed by atoms with Gasteiger partial charge in [-0.1, -0.05) is 30.3 Å². The Labute approximate surface area is 127 Å². The third kappa shape index (κ3) is 4.29. The molecule has 1 N–H and O–H groups in total. The van der Waals surface area contributed by atoms with Gasteiger partial charge < -0.3 is 9.64 Å². The van der Waals surface area contributed by atoms with Crippen LogP contribution in [0.5, 0.6) is 0 Å². The summed E-state index contributed by atoms with van der Waals surface area (Å²) in [5.74, 6) is 0.189. The maximum absolute atomic E-state index is 12.3. The molecular weight excluding hydrogens is 264 g/mol. The van der Waals surface area contributed by atoms with Gasteiger partial charge in [-0.15, -0.1) is 0 Å². The summed E-state index contributed by atoms with van der Waals surface area (Å²) in [5.41, 5.74) is 1.15. The Morgan fingerprint density at radius 1 is 1.24 bits per heavy atom. The molecule has 0 spiro atoms. The van der Waals surface area contributed by atoms with E-state index in [4.69, 9.17) is 4.74 Å². The topological polar surface area (TPSA) is 41.6 Å². The van der Waals surface area contributed by atoms with Crippen molar-refractivity contribution in [2.45, 2.75) is 51.9 Å². The number of nitrogens with zero attached hydrogens (tertiary/aromatic N) is 1. The molecule has 1 saturated heterocycles. The summed E-state index contributed by atoms with van der Waals surface area (Å²) in [6, 6.07) is 10.0. The van der Waals surface area contributed by atoms with E-state index in [1.807, 2.05) is 43.9 Å². The summed E-state index contributed by atoms with van der Waals surface area (Å²) in [6.07, 6.45) is 2.23. The van der Waals surface area contributed by atoms with Crippen LogP contribution in [0.3, 0.4) is 0 Å². The first kappa shape index (κ1) is 16.0. The van der Waals surface area contributed by atoms with Crippen molar-refractivity contribution in [3.8, 4) is 0 Å². The van der Waals surface area contributed by atoms with Crippen molar-refractivity contribution < 1.29 is 9.53 Å². The first-order chi connectivity index (χ1) is 10.1. The highest BCUT2D eigenvalue weighted by molar-refractivity contribution is 5.84. The van der Waals surface area contributed by atoms with Crippen molar-refractivity contribution >= 4 is 5.91 Å². The zero-order valence-electron chi connectivity index (χ0n) is 13.2. The molecule has 1 aromatic carbocycles. The number of amides is 1. The smallest absolute Gasteiger partial charge is 0.241 e. The third-order valence-electron chi connectivity index (χ3n) is 3.73. The predicted octanol–water partition coefficient (Wildman–Crippen LogP) is 2.71. The normalized spacial score (nSPS) is 22.3. The largest absolute Gasteiger partial charge is 0.379 e. The highest BCUT2D eigenvalue weighted by atomic mass is 16.5. The van der Waals surface area contributed by atoms with Crippen molar-refractivity contribution in [3.63, 3.8) is 0 Å². The molecule has 2 unspecified atom stereocenters. The fraction of sp³-hybridized carbons (Fsp3) is 0.588. The molecule has 1 aliphatic rings. The van der Waals surface area contributed by atoms with Crippen molar-refractivity contribution in [2.24, 2.45) is 0 Å². The van der Waals surface area contributed by atoms with E-state index in [-0.39, 0.29) is 24.2 Å². The molecule has 0 radical (unpaired) electrons. The highest BCUT2D eigenvalue weighted by Crippen LogP contribution is 2.25. The molecule has 116 valence electrons. The van der Waals surface area contributed by atoms with Crippen LogP contribution < -0.4 is 5.32 Å². The average Bonchev–Trinajstić information content (AvgIpc) is 2.75. The van der Waals surface area contributed by atoms with Crippen LogP contribution in [-0.2, 0) is 9.53 Å². The molecule has 2 atom stereocenters. The van der Waals surface area contributed by atoms with Gasteiger partial charge in [0.25, 0.3) is 0 Å². The second-order valence-electron chi connectivity index (χ2n) is 5.86. The van der Waals surface area contributed by atoms with Crippen molar-refractivity contribution in [1.29, 1.82) is 0 Å². The van der Waals surface area contributed by atoms with Crippen molar-refractivity contribution in [1.82, 2.24) is 10.2 Å². The minimum atomic E-state index is -0.109. The predicted molar refractivity (Wildman–Crippen MR) is 83.8 cm³/mol. The van der Waals surface area contributed by atoms with Crippen LogP contribution in [-0.4, -0.2) is 36.1 Å². The van der Waals surface area contributed by atoms with Crippen molar-refractivity contribution in [2.75, 3.05) is 13.2 Å². The summed E-state index contributed by atoms with van der Waals surface area (Å²) in [5, 5.41) is 3.37. The second-order valence-corrected chi connectivity index (χ2v) is 5.86. The van der Waals surface area contributed by atoms with Crippen LogP contribution in [0.1, 0.15) is 45.3 Å². The number of hydrogen-bond donors (Lipinski definition) is 1. The average molecular weight is 290 g/mol. The Morgan fingerprint density at radius 3 is 2.62 bits per heavy atom. The van der Waals surface area contributed by atoms with E-state index >= 15 is 0 Å². The van der Waals surface area contributed by atoms with E-state index in [2.05, 4.69) is 17.4 Å². The number of ether oxygens (including phenoxy) is 1. The molecule has 1 amide bonds. The van der Waals surface area contributed by atoms with E-state index in [0.717, 1.165) is 31.6 Å². The van der Waals surface area contributed by atoms with E-state index in [0.29, 0.717) is 0 Å². The standard InChI is InChI=1S/C17H26N2O2/c1-13(2)21-12-8-7-11-19-16(18-14(3)17(19)20)15-9-5-4-6-10-15/h4-6,9-10,13-14,16,18H,7-8,11-12H2,1-3H3. The Balaban J connectivity index is 1.90. The summed E-state index contributed by atoms with van der Waals surface area (Å²) in [6.45, 7) is 7.55. The SMILES string of the molecule is CC(C)OCCCCN1C(=O)C(C)NC1c1ccccc1. The van der Waals surface area contributed by atoms with Gasteiger partial charge in [0.15, 0.2) is 0 Å². The first-order valence-corrected chi connectivity index (χ1v) is 7.82. The van der Waals surface area contributed by atoms with E-state index < -0.39 is 0 Å². The van der Waals surface area contributed by atoms with Gasteiger partial charge in [-0.3, -0.25) is 10.1 Å². The van der Waals surface area contributed by atoms with Gasteiger partial charge in [0.1, 0.15) is 6.17 Å². The second kappa shape index (κ2) is 7.57. The Hall–Kier alpha value is -1.39. The Morgan fingerprint density at radius 2 is 1.95 bits per heavy atom. The molecule has 21 heavy (non-hydrogen) atoms. The Kier molecular flexibility index (Phi) is 5.76. The fourth-order valence-corrected chi connectivity index (χ4v) is 2.63. The lowest BCUT2D eigenvalue weighted by Crippen LogP contribution is -2.31. The maximum Gasteiger partial charge on any atom is 0.241 e. The fourth-order valence-electron chi connectivity index (χ4n) is 2.63. The quantitative estimate of drug-likeness (QED) is 0.785. The van der Waals surface area contributed by atoms with Gasteiger partial charge in [-0.25, -0.2) is 0 Å². The lowest BCUT2D eigenvalue weighted by molar-refractivity contribution is -0.129. The van der Waals surface area contributed by atoms with Gasteiger partial charge >= 0.3 is 0 Å². The molecular formula is C17H26N2O2. The van der Waals surface area contributed by atoms with Gasteiger partial charge in [0.05, 0.1) is 12.1 Å². The van der Waals surface area contributed by atoms with Crippen LogP contribution >= 0.6 is 0 Å². The molecule has 0 bridgehead atoms. The van der Waals surface area contributed by atoms with Gasteiger partial charge in [-0.2, -0.15) is 0 Å². The zero-order chi connectivity index (χ0) is 15.2. The zero-order valence-corrected chi connectivity index (χ0v) is 13.2. The lowest BCUT2D eigenvalue weighted by atomic mass is 10.1. The minimum Gasteiger partial charge on any atom is -0.379 e. The monoisotopic (exact) mass is 290 g/mol. The summed E-state index contributed by atoms with van der Waals surface area (Å²) < 4.78 is 5.55. The number of carbonyl (C=O) groups is 1. The van der Waals surface area contributed by atoms with E-state index in [1.165, 1.54) is 0 Å². The van der Waals surface area contributed by atoms with Crippen LogP contribution in [0, 0.1) is 0 Å². The number of rotatable bonds is 7. The summed E-state index contributed by atoms with van der Waals surface area (Å²) in [7, 11) is 0. The minimum absolute atomic E-state index is 0.000262. The number of benzene rings is 1. The molecule has 4 nitrogen and oxygen atoms in total. The van der Waals surface area contributed by atoms with E-state index in [1.54, 1.807) is 0 Å². The number of hydrogen-bond acceptors (Lipinski definition) is 3. The van der Waals surface area contributed by atoms with Crippen molar-refractivity contribution in [3.05, 3.63) is 35.9 Å². The van der Waals surface area contributed by atoms with Crippen LogP contribution in [0.25, 0.3) is 0 Å². The van der Waals surface area contributed by atoms with Crippen LogP contribution in [0.2, 0.25) is 0 Å². The molecule has 2 rings (SSSR count). The van der Waals surface area contributed by atoms with Gasteiger partial charge in [0.2, 0.25) is 5.91 Å². The van der Waals surface area contributed by atoms with Crippen LogP contribution in [0.15, 0.2) is 30.3 Å². The summed E-state index contributed by atoms with van der Waals surface area (Å²) in [4.78, 5) is 14.2. The molecule has 1 heterocycles. The maximum atomic E-state index is 12.3. The lowest BCUT2D eigenvalue weighted by Gasteiger charge is -2.24. The first-order valence-electron chi connectivity index (χ1n) is 7.82. The van der Waals surface area contributed by atoms with Gasteiger partial charge in [-0.05, 0) is 39.2 Å². The molecule has 0 aromatic heterocycles. The molecule has 1 aliphatic heterocycles. The third-order valence-corrected chi connectivity index (χ3v) is 3.73. The Bertz CT molecular complexity index is 447. The summed E-state index contributed by atoms with van der Waals surface area (Å²) >= 11 is 0. The molecule has 1 aromatic rings. The number of nitrogens with one attached hydrogen (secondary N) is 1. The highest BCUT2D eigenvalue weighted by Gasteiger charge is 2.36. The molecule has 4 heteroatoms. The number of carbonyl (C=O) groups excluding carboxylic acids is 1. The molecule has 0 saturated carbocycles. The van der Waals surface area contributed by atoms with E-state index in [9.17, 15) is 4.79 Å². The molecule has 1 fully saturated rings. The van der Waals surface area contributed by atoms with Gasteiger partial charge in [0, 0.05) is 13.2 Å². The molecule has 0 aliphatic carbocycles. The van der Waals surface area contributed by atoms with Crippen LogP contribution in [0.4, 0.5) is 0 Å². The number of unbranched alkanes of at least 4 members (excludes halogenated alkanes) is 1.